The maximum absolute atomic E-state index is 13.0. The Bertz CT molecular complexity index is 1240. The number of piperazine rings is 1. The van der Waals surface area contributed by atoms with Gasteiger partial charge < -0.3 is 14.1 Å². The number of hydrogen-bond acceptors (Lipinski definition) is 5. The van der Waals surface area contributed by atoms with Crippen LogP contribution in [0.15, 0.2) is 77.3 Å². The number of pyridine rings is 1. The molecule has 0 N–H and O–H groups in total. The number of furan rings is 1. The molecule has 1 aliphatic heterocycles. The number of benzene rings is 2. The molecule has 0 saturated carbocycles. The third kappa shape index (κ3) is 4.88. The number of nitrogens with zero attached hydrogens (tertiary/aromatic N) is 3. The minimum atomic E-state index is -0.317. The second-order valence-corrected chi connectivity index (χ2v) is 8.07. The molecule has 2 aromatic heterocycles. The van der Waals surface area contributed by atoms with Crippen LogP contribution in [0.25, 0.3) is 10.9 Å². The first-order valence-corrected chi connectivity index (χ1v) is 11.0. The third-order valence-electron chi connectivity index (χ3n) is 5.84. The van der Waals surface area contributed by atoms with Crippen molar-refractivity contribution in [2.45, 2.75) is 13.2 Å². The molecule has 1 amide bonds. The van der Waals surface area contributed by atoms with Crippen molar-refractivity contribution < 1.29 is 18.3 Å². The molecule has 0 aliphatic carbocycles. The second-order valence-electron chi connectivity index (χ2n) is 8.07. The van der Waals surface area contributed by atoms with Crippen LogP contribution in [-0.2, 0) is 13.2 Å². The SMILES string of the molecule is O=C(c1ccc(COc2ccc(F)cc2)o1)N1CCN(Cc2cccc3cccnc23)CC1. The smallest absolute Gasteiger partial charge is 0.289 e. The fourth-order valence-corrected chi connectivity index (χ4v) is 4.06. The number of para-hydroxylation sites is 1. The highest BCUT2D eigenvalue weighted by Gasteiger charge is 2.24. The zero-order valence-electron chi connectivity index (χ0n) is 18.1. The van der Waals surface area contributed by atoms with Crippen LogP contribution >= 0.6 is 0 Å². The minimum absolute atomic E-state index is 0.116. The molecule has 0 radical (unpaired) electrons. The number of hydrogen-bond donors (Lipinski definition) is 0. The largest absolute Gasteiger partial charge is 0.486 e. The predicted octanol–water partition coefficient (Wildman–Crippen LogP) is 4.50. The van der Waals surface area contributed by atoms with Crippen LogP contribution in [0.2, 0.25) is 0 Å². The van der Waals surface area contributed by atoms with Gasteiger partial charge in [-0.2, -0.15) is 0 Å². The number of ether oxygens (including phenoxy) is 1. The Labute approximate surface area is 191 Å². The number of rotatable bonds is 6. The lowest BCUT2D eigenvalue weighted by atomic mass is 10.1. The first kappa shape index (κ1) is 21.2. The molecule has 1 aliphatic rings. The van der Waals surface area contributed by atoms with Gasteiger partial charge in [0.2, 0.25) is 0 Å². The van der Waals surface area contributed by atoms with Gasteiger partial charge >= 0.3 is 0 Å². The number of carbonyl (C=O) groups excluding carboxylic acids is 1. The van der Waals surface area contributed by atoms with Gasteiger partial charge in [-0.1, -0.05) is 24.3 Å². The summed E-state index contributed by atoms with van der Waals surface area (Å²) >= 11 is 0. The molecule has 33 heavy (non-hydrogen) atoms. The molecule has 6 nitrogen and oxygen atoms in total. The Morgan fingerprint density at radius 1 is 0.970 bits per heavy atom. The molecule has 0 unspecified atom stereocenters. The molecule has 3 heterocycles. The van der Waals surface area contributed by atoms with Crippen LogP contribution < -0.4 is 4.74 Å². The summed E-state index contributed by atoms with van der Waals surface area (Å²) in [6.07, 6.45) is 1.82. The molecule has 0 bridgehead atoms. The van der Waals surface area contributed by atoms with Gasteiger partial charge in [0.15, 0.2) is 5.76 Å². The van der Waals surface area contributed by atoms with E-state index in [1.807, 2.05) is 17.2 Å². The average molecular weight is 445 g/mol. The van der Waals surface area contributed by atoms with E-state index in [1.165, 1.54) is 17.7 Å². The number of carbonyl (C=O) groups is 1. The summed E-state index contributed by atoms with van der Waals surface area (Å²) in [6.45, 7) is 3.83. The summed E-state index contributed by atoms with van der Waals surface area (Å²) in [5.74, 6) is 0.957. The molecule has 4 aromatic rings. The van der Waals surface area contributed by atoms with Crippen molar-refractivity contribution in [3.63, 3.8) is 0 Å². The van der Waals surface area contributed by atoms with E-state index in [9.17, 15) is 9.18 Å². The first-order chi connectivity index (χ1) is 16.2. The van der Waals surface area contributed by atoms with Gasteiger partial charge in [0.05, 0.1) is 5.52 Å². The molecular weight excluding hydrogens is 421 g/mol. The molecule has 1 saturated heterocycles. The van der Waals surface area contributed by atoms with Crippen LogP contribution in [-0.4, -0.2) is 46.9 Å². The van der Waals surface area contributed by atoms with Crippen molar-refractivity contribution >= 4 is 16.8 Å². The minimum Gasteiger partial charge on any atom is -0.486 e. The molecule has 5 rings (SSSR count). The Morgan fingerprint density at radius 3 is 2.58 bits per heavy atom. The van der Waals surface area contributed by atoms with E-state index in [1.54, 1.807) is 24.3 Å². The van der Waals surface area contributed by atoms with Crippen LogP contribution in [0.5, 0.6) is 5.75 Å². The highest BCUT2D eigenvalue weighted by molar-refractivity contribution is 5.91. The van der Waals surface area contributed by atoms with Crippen molar-refractivity contribution in [2.24, 2.45) is 0 Å². The van der Waals surface area contributed by atoms with Crippen LogP contribution in [0, 0.1) is 5.82 Å². The number of halogens is 1. The summed E-state index contributed by atoms with van der Waals surface area (Å²) in [5, 5.41) is 1.14. The topological polar surface area (TPSA) is 58.8 Å². The van der Waals surface area contributed by atoms with Gasteiger partial charge in [-0.3, -0.25) is 14.7 Å². The first-order valence-electron chi connectivity index (χ1n) is 11.0. The highest BCUT2D eigenvalue weighted by atomic mass is 19.1. The second kappa shape index (κ2) is 9.42. The monoisotopic (exact) mass is 445 g/mol. The van der Waals surface area contributed by atoms with Crippen molar-refractivity contribution in [1.29, 1.82) is 0 Å². The zero-order valence-corrected chi connectivity index (χ0v) is 18.1. The maximum Gasteiger partial charge on any atom is 0.289 e. The molecule has 7 heteroatoms. The molecule has 0 atom stereocenters. The van der Waals surface area contributed by atoms with E-state index in [2.05, 4.69) is 34.1 Å². The maximum atomic E-state index is 13.0. The Kier molecular flexibility index (Phi) is 6.04. The zero-order chi connectivity index (χ0) is 22.6. The van der Waals surface area contributed by atoms with Crippen LogP contribution in [0.3, 0.4) is 0 Å². The molecule has 2 aromatic carbocycles. The van der Waals surface area contributed by atoms with Gasteiger partial charge in [-0.15, -0.1) is 0 Å². The summed E-state index contributed by atoms with van der Waals surface area (Å²) in [5.41, 5.74) is 2.23. The molecule has 1 fully saturated rings. The van der Waals surface area contributed by atoms with Gasteiger partial charge in [0.25, 0.3) is 5.91 Å². The lowest BCUT2D eigenvalue weighted by molar-refractivity contribution is 0.0594. The van der Waals surface area contributed by atoms with Crippen molar-refractivity contribution in [1.82, 2.24) is 14.8 Å². The number of amides is 1. The lowest BCUT2D eigenvalue weighted by Crippen LogP contribution is -2.48. The quantitative estimate of drug-likeness (QED) is 0.437. The van der Waals surface area contributed by atoms with Crippen LogP contribution in [0.4, 0.5) is 4.39 Å². The van der Waals surface area contributed by atoms with Gasteiger partial charge in [-0.25, -0.2) is 4.39 Å². The fraction of sp³-hybridized carbons (Fsp3) is 0.231. The summed E-state index contributed by atoms with van der Waals surface area (Å²) in [7, 11) is 0. The van der Waals surface area contributed by atoms with Gasteiger partial charge in [0, 0.05) is 44.3 Å². The van der Waals surface area contributed by atoms with E-state index in [0.29, 0.717) is 30.4 Å². The van der Waals surface area contributed by atoms with E-state index in [-0.39, 0.29) is 18.3 Å². The normalized spacial score (nSPS) is 14.5. The summed E-state index contributed by atoms with van der Waals surface area (Å²) in [4.78, 5) is 21.6. The van der Waals surface area contributed by atoms with Crippen molar-refractivity contribution in [3.05, 3.63) is 95.8 Å². The van der Waals surface area contributed by atoms with Crippen LogP contribution in [0.1, 0.15) is 21.9 Å². The average Bonchev–Trinajstić information content (AvgIpc) is 3.33. The number of fused-ring (bicyclic) bond motifs is 1. The lowest BCUT2D eigenvalue weighted by Gasteiger charge is -2.34. The standard InChI is InChI=1S/C26H24FN3O3/c27-21-6-8-22(9-7-21)32-18-23-10-11-24(33-23)26(31)30-15-13-29(14-16-30)17-20-4-1-3-19-5-2-12-28-25(19)20/h1-12H,13-18H2. The Hall–Kier alpha value is -3.71. The summed E-state index contributed by atoms with van der Waals surface area (Å²) in [6, 6.07) is 19.5. The van der Waals surface area contributed by atoms with Gasteiger partial charge in [0.1, 0.15) is 23.9 Å². The molecule has 168 valence electrons. The number of aromatic nitrogens is 1. The van der Waals surface area contributed by atoms with E-state index >= 15 is 0 Å². The van der Waals surface area contributed by atoms with Crippen molar-refractivity contribution in [3.8, 4) is 5.75 Å². The highest BCUT2D eigenvalue weighted by Crippen LogP contribution is 2.20. The Balaban J connectivity index is 1.15. The van der Waals surface area contributed by atoms with Gasteiger partial charge in [-0.05, 0) is 48.0 Å². The fourth-order valence-electron chi connectivity index (χ4n) is 4.06. The molecular formula is C26H24FN3O3. The van der Waals surface area contributed by atoms with Crippen molar-refractivity contribution in [2.75, 3.05) is 26.2 Å². The van der Waals surface area contributed by atoms with E-state index in [4.69, 9.17) is 9.15 Å². The van der Waals surface area contributed by atoms with E-state index in [0.717, 1.165) is 30.5 Å². The van der Waals surface area contributed by atoms with E-state index < -0.39 is 0 Å². The molecule has 0 spiro atoms. The predicted molar refractivity (Wildman–Crippen MR) is 122 cm³/mol. The summed E-state index contributed by atoms with van der Waals surface area (Å²) < 4.78 is 24.3. The third-order valence-corrected chi connectivity index (χ3v) is 5.84. The Morgan fingerprint density at radius 2 is 1.76 bits per heavy atom.